The lowest BCUT2D eigenvalue weighted by Crippen LogP contribution is -2.41. The number of hydrogen-bond donors (Lipinski definition) is 4. The molecule has 0 radical (unpaired) electrons. The summed E-state index contributed by atoms with van der Waals surface area (Å²) in [5, 5.41) is 15.9. The molecule has 2 unspecified atom stereocenters. The normalized spacial score (nSPS) is 21.5. The summed E-state index contributed by atoms with van der Waals surface area (Å²) in [4.78, 5) is 11.9. The Morgan fingerprint density at radius 3 is 2.91 bits per heavy atom. The number of hydrazine groups is 1. The highest BCUT2D eigenvalue weighted by Crippen LogP contribution is 2.25. The largest absolute Gasteiger partial charge is 0.507 e. The van der Waals surface area contributed by atoms with Crippen molar-refractivity contribution < 1.29 is 9.90 Å². The quantitative estimate of drug-likeness (QED) is 0.507. The van der Waals surface area contributed by atoms with Gasteiger partial charge in [-0.15, -0.1) is 0 Å². The maximum absolute atomic E-state index is 11.9. The molecule has 1 heterocycles. The SMILES string of the molecule is CC1CC(C(=O)N/N=C/c2c(O)ccc3ccccc23)NN1. The summed E-state index contributed by atoms with van der Waals surface area (Å²) in [7, 11) is 0. The molecule has 2 atom stereocenters. The average Bonchev–Trinajstić information content (AvgIpc) is 2.96. The lowest BCUT2D eigenvalue weighted by molar-refractivity contribution is -0.122. The van der Waals surface area contributed by atoms with Crippen LogP contribution in [-0.2, 0) is 4.79 Å². The van der Waals surface area contributed by atoms with E-state index in [-0.39, 0.29) is 23.7 Å². The van der Waals surface area contributed by atoms with E-state index in [9.17, 15) is 9.90 Å². The second-order valence-corrected chi connectivity index (χ2v) is 5.43. The van der Waals surface area contributed by atoms with Gasteiger partial charge in [0.05, 0.1) is 6.21 Å². The second kappa shape index (κ2) is 6.13. The second-order valence-electron chi connectivity index (χ2n) is 5.43. The van der Waals surface area contributed by atoms with Crippen LogP contribution in [0.4, 0.5) is 0 Å². The van der Waals surface area contributed by atoms with Crippen LogP contribution in [0.3, 0.4) is 0 Å². The smallest absolute Gasteiger partial charge is 0.258 e. The van der Waals surface area contributed by atoms with Gasteiger partial charge in [-0.25, -0.2) is 10.9 Å². The Kier molecular flexibility index (Phi) is 4.04. The Labute approximate surface area is 128 Å². The number of phenolic OH excluding ortho intramolecular Hbond substituents is 1. The van der Waals surface area contributed by atoms with Crippen molar-refractivity contribution in [1.82, 2.24) is 16.3 Å². The van der Waals surface area contributed by atoms with Gasteiger partial charge in [0.1, 0.15) is 11.8 Å². The molecule has 6 heteroatoms. The van der Waals surface area contributed by atoms with Crippen molar-refractivity contribution in [2.75, 3.05) is 0 Å². The van der Waals surface area contributed by atoms with Gasteiger partial charge in [0, 0.05) is 11.6 Å². The number of nitrogens with zero attached hydrogens (tertiary/aromatic N) is 1. The van der Waals surface area contributed by atoms with Gasteiger partial charge < -0.3 is 5.11 Å². The van der Waals surface area contributed by atoms with Gasteiger partial charge in [-0.2, -0.15) is 5.10 Å². The highest BCUT2D eigenvalue weighted by atomic mass is 16.3. The summed E-state index contributed by atoms with van der Waals surface area (Å²) >= 11 is 0. The summed E-state index contributed by atoms with van der Waals surface area (Å²) in [6.07, 6.45) is 2.18. The van der Waals surface area contributed by atoms with Crippen molar-refractivity contribution in [3.63, 3.8) is 0 Å². The minimum Gasteiger partial charge on any atom is -0.507 e. The predicted molar refractivity (Wildman–Crippen MR) is 85.5 cm³/mol. The molecule has 2 aromatic rings. The number of hydrogen-bond acceptors (Lipinski definition) is 5. The van der Waals surface area contributed by atoms with E-state index in [1.807, 2.05) is 37.3 Å². The van der Waals surface area contributed by atoms with Gasteiger partial charge in [0.25, 0.3) is 5.91 Å². The molecule has 2 aromatic carbocycles. The number of benzene rings is 2. The van der Waals surface area contributed by atoms with Crippen LogP contribution in [0.15, 0.2) is 41.5 Å². The maximum atomic E-state index is 11.9. The molecule has 1 fully saturated rings. The van der Waals surface area contributed by atoms with Crippen LogP contribution < -0.4 is 16.3 Å². The Morgan fingerprint density at radius 2 is 2.14 bits per heavy atom. The predicted octanol–water partition coefficient (Wildman–Crippen LogP) is 1.25. The topological polar surface area (TPSA) is 85.8 Å². The van der Waals surface area contributed by atoms with Crippen LogP contribution in [-0.4, -0.2) is 29.3 Å². The number of aromatic hydroxyl groups is 1. The number of rotatable bonds is 3. The zero-order valence-corrected chi connectivity index (χ0v) is 12.2. The molecule has 0 bridgehead atoms. The molecule has 0 spiro atoms. The molecule has 6 nitrogen and oxygen atoms in total. The fraction of sp³-hybridized carbons (Fsp3) is 0.250. The Hall–Kier alpha value is -2.44. The molecule has 0 saturated carbocycles. The first-order chi connectivity index (χ1) is 10.6. The third-order valence-electron chi connectivity index (χ3n) is 3.73. The van der Waals surface area contributed by atoms with Crippen LogP contribution in [0.5, 0.6) is 5.75 Å². The van der Waals surface area contributed by atoms with Crippen molar-refractivity contribution >= 4 is 22.9 Å². The van der Waals surface area contributed by atoms with Crippen molar-refractivity contribution in [2.45, 2.75) is 25.4 Å². The first-order valence-corrected chi connectivity index (χ1v) is 7.20. The van der Waals surface area contributed by atoms with Crippen LogP contribution in [0.2, 0.25) is 0 Å². The van der Waals surface area contributed by atoms with Crippen molar-refractivity contribution in [3.05, 3.63) is 42.0 Å². The van der Waals surface area contributed by atoms with E-state index in [1.54, 1.807) is 6.07 Å². The van der Waals surface area contributed by atoms with E-state index in [0.29, 0.717) is 12.0 Å². The van der Waals surface area contributed by atoms with Crippen molar-refractivity contribution in [3.8, 4) is 5.75 Å². The summed E-state index contributed by atoms with van der Waals surface area (Å²) in [6.45, 7) is 2.00. The van der Waals surface area contributed by atoms with E-state index >= 15 is 0 Å². The number of amides is 1. The number of fused-ring (bicyclic) bond motifs is 1. The van der Waals surface area contributed by atoms with Gasteiger partial charge in [0.15, 0.2) is 0 Å². The molecule has 1 aliphatic rings. The fourth-order valence-electron chi connectivity index (χ4n) is 2.54. The molecular weight excluding hydrogens is 280 g/mol. The van der Waals surface area contributed by atoms with Crippen molar-refractivity contribution in [2.24, 2.45) is 5.10 Å². The standard InChI is InChI=1S/C16H18N4O2/c1-10-8-14(19-18-10)16(22)20-17-9-13-12-5-3-2-4-11(12)6-7-15(13)21/h2-7,9-10,14,18-19,21H,8H2,1H3,(H,20,22)/b17-9+. The average molecular weight is 298 g/mol. The molecular formula is C16H18N4O2. The third-order valence-corrected chi connectivity index (χ3v) is 3.73. The minimum absolute atomic E-state index is 0.131. The summed E-state index contributed by atoms with van der Waals surface area (Å²) in [5.41, 5.74) is 8.99. The van der Waals surface area contributed by atoms with Crippen LogP contribution in [0, 0.1) is 0 Å². The number of carbonyl (C=O) groups is 1. The van der Waals surface area contributed by atoms with E-state index in [1.165, 1.54) is 6.21 Å². The van der Waals surface area contributed by atoms with Gasteiger partial charge in [-0.1, -0.05) is 30.3 Å². The summed E-state index contributed by atoms with van der Waals surface area (Å²) in [6, 6.07) is 11.1. The third kappa shape index (κ3) is 2.93. The highest BCUT2D eigenvalue weighted by molar-refractivity contribution is 6.02. The molecule has 114 valence electrons. The number of phenols is 1. The van der Waals surface area contributed by atoms with E-state index in [2.05, 4.69) is 21.4 Å². The molecule has 0 aromatic heterocycles. The lowest BCUT2D eigenvalue weighted by Gasteiger charge is -2.07. The van der Waals surface area contributed by atoms with Crippen LogP contribution in [0.25, 0.3) is 10.8 Å². The molecule has 22 heavy (non-hydrogen) atoms. The number of hydrazone groups is 1. The van der Waals surface area contributed by atoms with Gasteiger partial charge in [-0.05, 0) is 30.2 Å². The van der Waals surface area contributed by atoms with Gasteiger partial charge >= 0.3 is 0 Å². The van der Waals surface area contributed by atoms with Crippen molar-refractivity contribution in [1.29, 1.82) is 0 Å². The first kappa shape index (κ1) is 14.5. The van der Waals surface area contributed by atoms with Crippen LogP contribution in [0.1, 0.15) is 18.9 Å². The van der Waals surface area contributed by atoms with Gasteiger partial charge in [-0.3, -0.25) is 10.2 Å². The molecule has 1 amide bonds. The zero-order valence-electron chi connectivity index (χ0n) is 12.2. The molecule has 4 N–H and O–H groups in total. The van der Waals surface area contributed by atoms with E-state index in [4.69, 9.17) is 0 Å². The molecule has 1 saturated heterocycles. The number of carbonyl (C=O) groups excluding carboxylic acids is 1. The van der Waals surface area contributed by atoms with E-state index < -0.39 is 0 Å². The zero-order chi connectivity index (χ0) is 15.5. The molecule has 3 rings (SSSR count). The Bertz CT molecular complexity index is 729. The Balaban J connectivity index is 1.75. The molecule has 1 aliphatic heterocycles. The first-order valence-electron chi connectivity index (χ1n) is 7.20. The van der Waals surface area contributed by atoms with E-state index in [0.717, 1.165) is 10.8 Å². The van der Waals surface area contributed by atoms with Gasteiger partial charge in [0.2, 0.25) is 0 Å². The van der Waals surface area contributed by atoms with Crippen LogP contribution >= 0.6 is 0 Å². The Morgan fingerprint density at radius 1 is 1.32 bits per heavy atom. The minimum atomic E-state index is -0.298. The summed E-state index contributed by atoms with van der Waals surface area (Å²) in [5.74, 6) is -0.0706. The fourth-order valence-corrected chi connectivity index (χ4v) is 2.54. The summed E-state index contributed by atoms with van der Waals surface area (Å²) < 4.78 is 0. The highest BCUT2D eigenvalue weighted by Gasteiger charge is 2.26. The monoisotopic (exact) mass is 298 g/mol. The molecule has 0 aliphatic carbocycles. The lowest BCUT2D eigenvalue weighted by atomic mass is 10.0. The maximum Gasteiger partial charge on any atom is 0.258 e. The number of nitrogens with one attached hydrogen (secondary N) is 3.